The van der Waals surface area contributed by atoms with E-state index in [1.165, 1.54) is 11.3 Å². The fourth-order valence-corrected chi connectivity index (χ4v) is 1.71. The van der Waals surface area contributed by atoms with Gasteiger partial charge in [-0.15, -0.1) is 0 Å². The summed E-state index contributed by atoms with van der Waals surface area (Å²) in [7, 11) is 2.12. The van der Waals surface area contributed by atoms with Crippen molar-refractivity contribution in [3.8, 4) is 0 Å². The highest BCUT2D eigenvalue weighted by Crippen LogP contribution is 2.23. The van der Waals surface area contributed by atoms with Crippen molar-refractivity contribution in [2.24, 2.45) is 11.1 Å². The Bertz CT molecular complexity index is 342. The fourth-order valence-electron chi connectivity index (χ4n) is 1.71. The zero-order valence-corrected chi connectivity index (χ0v) is 11.1. The average molecular weight is 220 g/mol. The molecule has 1 aromatic rings. The zero-order valence-electron chi connectivity index (χ0n) is 11.1. The number of benzene rings is 1. The Labute approximate surface area is 99.5 Å². The van der Waals surface area contributed by atoms with E-state index >= 15 is 0 Å². The van der Waals surface area contributed by atoms with Gasteiger partial charge in [-0.25, -0.2) is 0 Å². The van der Waals surface area contributed by atoms with Crippen LogP contribution in [0.3, 0.4) is 0 Å². The summed E-state index contributed by atoms with van der Waals surface area (Å²) in [6.07, 6.45) is 0. The third-order valence-corrected chi connectivity index (χ3v) is 3.32. The molecule has 0 aliphatic carbocycles. The van der Waals surface area contributed by atoms with Gasteiger partial charge in [-0.2, -0.15) is 0 Å². The molecule has 0 aliphatic heterocycles. The van der Waals surface area contributed by atoms with Gasteiger partial charge < -0.3 is 10.6 Å². The first kappa shape index (κ1) is 13.0. The molecule has 1 rings (SSSR count). The SMILES string of the molecule is Cc1cccc(N(C)CC(C)(C)C(C)N)c1. The van der Waals surface area contributed by atoms with Gasteiger partial charge in [0, 0.05) is 25.3 Å². The summed E-state index contributed by atoms with van der Waals surface area (Å²) < 4.78 is 0. The van der Waals surface area contributed by atoms with Gasteiger partial charge in [0.2, 0.25) is 0 Å². The van der Waals surface area contributed by atoms with Crippen LogP contribution in [0.4, 0.5) is 5.69 Å². The molecule has 0 heterocycles. The third-order valence-electron chi connectivity index (χ3n) is 3.32. The monoisotopic (exact) mass is 220 g/mol. The van der Waals surface area contributed by atoms with Gasteiger partial charge in [0.1, 0.15) is 0 Å². The fraction of sp³-hybridized carbons (Fsp3) is 0.571. The van der Waals surface area contributed by atoms with Crippen molar-refractivity contribution >= 4 is 5.69 Å². The van der Waals surface area contributed by atoms with Crippen LogP contribution in [-0.4, -0.2) is 19.6 Å². The Balaban J connectivity index is 2.76. The van der Waals surface area contributed by atoms with E-state index in [0.717, 1.165) is 6.54 Å². The van der Waals surface area contributed by atoms with Crippen LogP contribution in [0.2, 0.25) is 0 Å². The largest absolute Gasteiger partial charge is 0.374 e. The lowest BCUT2D eigenvalue weighted by molar-refractivity contribution is 0.308. The second-order valence-electron chi connectivity index (χ2n) is 5.47. The van der Waals surface area contributed by atoms with E-state index in [1.807, 2.05) is 0 Å². The van der Waals surface area contributed by atoms with Gasteiger partial charge in [0.05, 0.1) is 0 Å². The summed E-state index contributed by atoms with van der Waals surface area (Å²) >= 11 is 0. The maximum absolute atomic E-state index is 6.00. The highest BCUT2D eigenvalue weighted by Gasteiger charge is 2.24. The molecule has 0 amide bonds. The van der Waals surface area contributed by atoms with Crippen LogP contribution in [0.25, 0.3) is 0 Å². The number of hydrogen-bond acceptors (Lipinski definition) is 2. The molecule has 2 N–H and O–H groups in total. The lowest BCUT2D eigenvalue weighted by atomic mass is 9.85. The van der Waals surface area contributed by atoms with E-state index in [-0.39, 0.29) is 11.5 Å². The van der Waals surface area contributed by atoms with Crippen molar-refractivity contribution in [1.82, 2.24) is 0 Å². The van der Waals surface area contributed by atoms with Crippen LogP contribution in [0.1, 0.15) is 26.3 Å². The van der Waals surface area contributed by atoms with Crippen molar-refractivity contribution in [2.45, 2.75) is 33.7 Å². The topological polar surface area (TPSA) is 29.3 Å². The molecular formula is C14H24N2. The number of nitrogens with zero attached hydrogens (tertiary/aromatic N) is 1. The predicted octanol–water partition coefficient (Wildman–Crippen LogP) is 2.80. The molecule has 0 radical (unpaired) electrons. The standard InChI is InChI=1S/C14H24N2/c1-11-7-6-8-13(9-11)16(5)10-14(3,4)12(2)15/h6-9,12H,10,15H2,1-5H3. The van der Waals surface area contributed by atoms with Crippen LogP contribution in [0.5, 0.6) is 0 Å². The number of rotatable bonds is 4. The van der Waals surface area contributed by atoms with E-state index in [2.05, 4.69) is 63.9 Å². The maximum atomic E-state index is 6.00. The number of aryl methyl sites for hydroxylation is 1. The summed E-state index contributed by atoms with van der Waals surface area (Å²) in [5.74, 6) is 0. The molecule has 1 atom stereocenters. The Kier molecular flexibility index (Phi) is 3.98. The number of hydrogen-bond donors (Lipinski definition) is 1. The molecule has 90 valence electrons. The van der Waals surface area contributed by atoms with Crippen molar-refractivity contribution in [3.05, 3.63) is 29.8 Å². The Morgan fingerprint density at radius 1 is 1.38 bits per heavy atom. The maximum Gasteiger partial charge on any atom is 0.0366 e. The van der Waals surface area contributed by atoms with Gasteiger partial charge in [-0.3, -0.25) is 0 Å². The Morgan fingerprint density at radius 2 is 2.00 bits per heavy atom. The lowest BCUT2D eigenvalue weighted by Crippen LogP contribution is -2.43. The molecule has 0 aromatic heterocycles. The smallest absolute Gasteiger partial charge is 0.0366 e. The highest BCUT2D eigenvalue weighted by molar-refractivity contribution is 5.47. The first-order chi connectivity index (χ1) is 7.33. The summed E-state index contributed by atoms with van der Waals surface area (Å²) in [6, 6.07) is 8.76. The predicted molar refractivity (Wildman–Crippen MR) is 71.9 cm³/mol. The average Bonchev–Trinajstić information content (AvgIpc) is 2.16. The summed E-state index contributed by atoms with van der Waals surface area (Å²) in [6.45, 7) is 9.58. The quantitative estimate of drug-likeness (QED) is 0.845. The van der Waals surface area contributed by atoms with E-state index in [9.17, 15) is 0 Å². The second kappa shape index (κ2) is 4.88. The first-order valence-corrected chi connectivity index (χ1v) is 5.86. The van der Waals surface area contributed by atoms with Gasteiger partial charge in [0.15, 0.2) is 0 Å². The van der Waals surface area contributed by atoms with Gasteiger partial charge in [0.25, 0.3) is 0 Å². The van der Waals surface area contributed by atoms with Crippen LogP contribution in [-0.2, 0) is 0 Å². The van der Waals surface area contributed by atoms with Crippen LogP contribution >= 0.6 is 0 Å². The van der Waals surface area contributed by atoms with E-state index in [0.29, 0.717) is 0 Å². The molecule has 2 nitrogen and oxygen atoms in total. The van der Waals surface area contributed by atoms with Gasteiger partial charge >= 0.3 is 0 Å². The van der Waals surface area contributed by atoms with Gasteiger partial charge in [-0.1, -0.05) is 26.0 Å². The van der Waals surface area contributed by atoms with E-state index in [1.54, 1.807) is 0 Å². The highest BCUT2D eigenvalue weighted by atomic mass is 15.1. The van der Waals surface area contributed by atoms with Crippen molar-refractivity contribution in [2.75, 3.05) is 18.5 Å². The first-order valence-electron chi connectivity index (χ1n) is 5.86. The molecule has 0 spiro atoms. The van der Waals surface area contributed by atoms with Crippen molar-refractivity contribution in [3.63, 3.8) is 0 Å². The summed E-state index contributed by atoms with van der Waals surface area (Å²) in [5, 5.41) is 0. The zero-order chi connectivity index (χ0) is 12.3. The second-order valence-corrected chi connectivity index (χ2v) is 5.47. The summed E-state index contributed by atoms with van der Waals surface area (Å²) in [5.41, 5.74) is 8.68. The minimum Gasteiger partial charge on any atom is -0.374 e. The molecule has 0 saturated carbocycles. The Morgan fingerprint density at radius 3 is 2.50 bits per heavy atom. The molecule has 0 saturated heterocycles. The van der Waals surface area contributed by atoms with E-state index in [4.69, 9.17) is 5.73 Å². The molecule has 0 fully saturated rings. The minimum absolute atomic E-state index is 0.124. The molecule has 1 aromatic carbocycles. The van der Waals surface area contributed by atoms with Crippen molar-refractivity contribution in [1.29, 1.82) is 0 Å². The van der Waals surface area contributed by atoms with Crippen LogP contribution < -0.4 is 10.6 Å². The van der Waals surface area contributed by atoms with Crippen molar-refractivity contribution < 1.29 is 0 Å². The van der Waals surface area contributed by atoms with Gasteiger partial charge in [-0.05, 0) is 37.0 Å². The third kappa shape index (κ3) is 3.24. The molecule has 1 unspecified atom stereocenters. The minimum atomic E-state index is 0.124. The normalized spacial score (nSPS) is 13.6. The number of anilines is 1. The molecule has 0 aliphatic rings. The molecule has 16 heavy (non-hydrogen) atoms. The van der Waals surface area contributed by atoms with E-state index < -0.39 is 0 Å². The summed E-state index contributed by atoms with van der Waals surface area (Å²) in [4.78, 5) is 2.27. The Hall–Kier alpha value is -1.02. The molecule has 0 bridgehead atoms. The molecular weight excluding hydrogens is 196 g/mol. The lowest BCUT2D eigenvalue weighted by Gasteiger charge is -2.34. The van der Waals surface area contributed by atoms with Crippen LogP contribution in [0.15, 0.2) is 24.3 Å². The van der Waals surface area contributed by atoms with Crippen LogP contribution in [0, 0.1) is 12.3 Å². The number of nitrogens with two attached hydrogens (primary N) is 1. The molecule has 2 heteroatoms.